The second-order valence-corrected chi connectivity index (χ2v) is 6.30. The third-order valence-electron chi connectivity index (χ3n) is 2.77. The number of nitrogens with two attached hydrogens (primary N) is 1. The summed E-state index contributed by atoms with van der Waals surface area (Å²) in [6.45, 7) is 3.66. The highest BCUT2D eigenvalue weighted by atomic mass is 32.2. The van der Waals surface area contributed by atoms with Gasteiger partial charge in [0.15, 0.2) is 0 Å². The van der Waals surface area contributed by atoms with Crippen molar-refractivity contribution in [2.45, 2.75) is 38.6 Å². The zero-order valence-corrected chi connectivity index (χ0v) is 11.0. The molecule has 1 aliphatic carbocycles. The Bertz CT molecular complexity index is 301. The van der Waals surface area contributed by atoms with Crippen LogP contribution in [0.5, 0.6) is 0 Å². The first-order chi connectivity index (χ1) is 7.54. The average molecular weight is 249 g/mol. The molecule has 16 heavy (non-hydrogen) atoms. The van der Waals surface area contributed by atoms with Crippen LogP contribution in [0.4, 0.5) is 0 Å². The van der Waals surface area contributed by atoms with E-state index in [1.165, 1.54) is 4.31 Å². The second-order valence-electron chi connectivity index (χ2n) is 4.31. The molecule has 0 saturated heterocycles. The van der Waals surface area contributed by atoms with E-state index in [1.807, 2.05) is 6.92 Å². The number of hydrogen-bond donors (Lipinski definition) is 1. The Labute approximate surface area is 98.8 Å². The number of rotatable bonds is 8. The molecular weight excluding hydrogens is 226 g/mol. The molecule has 0 aliphatic heterocycles. The van der Waals surface area contributed by atoms with Gasteiger partial charge in [0.25, 0.3) is 10.2 Å². The van der Waals surface area contributed by atoms with Gasteiger partial charge >= 0.3 is 0 Å². The Kier molecular flexibility index (Phi) is 5.17. The van der Waals surface area contributed by atoms with Gasteiger partial charge in [-0.15, -0.1) is 0 Å². The van der Waals surface area contributed by atoms with Crippen molar-refractivity contribution in [3.05, 3.63) is 0 Å². The minimum Gasteiger partial charge on any atom is -0.330 e. The predicted octanol–water partition coefficient (Wildman–Crippen LogP) is 0.386. The molecule has 1 rings (SSSR count). The summed E-state index contributed by atoms with van der Waals surface area (Å²) in [5.41, 5.74) is 5.39. The first-order valence-electron chi connectivity index (χ1n) is 5.97. The Hall–Kier alpha value is -0.170. The monoisotopic (exact) mass is 249 g/mol. The van der Waals surface area contributed by atoms with Crippen molar-refractivity contribution in [1.82, 2.24) is 8.61 Å². The van der Waals surface area contributed by atoms with Gasteiger partial charge in [-0.05, 0) is 32.2 Å². The largest absolute Gasteiger partial charge is 0.330 e. The fourth-order valence-corrected chi connectivity index (χ4v) is 3.40. The molecule has 5 nitrogen and oxygen atoms in total. The van der Waals surface area contributed by atoms with Gasteiger partial charge in [-0.2, -0.15) is 17.0 Å². The van der Waals surface area contributed by atoms with Gasteiger partial charge < -0.3 is 5.73 Å². The smallest absolute Gasteiger partial charge is 0.281 e. The molecule has 1 fully saturated rings. The van der Waals surface area contributed by atoms with E-state index < -0.39 is 10.2 Å². The van der Waals surface area contributed by atoms with Gasteiger partial charge in [-0.25, -0.2) is 0 Å². The standard InChI is InChI=1S/C10H23N3O2S/c1-3-8-13(10-5-6-10)16(14,15)12(2)9-4-7-11/h10H,3-9,11H2,1-2H3. The number of hydrogen-bond acceptors (Lipinski definition) is 3. The Morgan fingerprint density at radius 2 is 1.94 bits per heavy atom. The SMILES string of the molecule is CCCN(C1CC1)S(=O)(=O)N(C)CCCN. The van der Waals surface area contributed by atoms with Crippen LogP contribution in [0.3, 0.4) is 0 Å². The molecule has 0 spiro atoms. The van der Waals surface area contributed by atoms with Gasteiger partial charge in [0, 0.05) is 26.2 Å². The van der Waals surface area contributed by atoms with E-state index in [4.69, 9.17) is 5.73 Å². The summed E-state index contributed by atoms with van der Waals surface area (Å²) in [6, 6.07) is 0.241. The van der Waals surface area contributed by atoms with E-state index in [1.54, 1.807) is 11.4 Å². The van der Waals surface area contributed by atoms with E-state index in [0.29, 0.717) is 26.1 Å². The molecule has 96 valence electrons. The van der Waals surface area contributed by atoms with Crippen molar-refractivity contribution >= 4 is 10.2 Å². The lowest BCUT2D eigenvalue weighted by Crippen LogP contribution is -2.44. The van der Waals surface area contributed by atoms with Crippen molar-refractivity contribution < 1.29 is 8.42 Å². The minimum atomic E-state index is -3.26. The van der Waals surface area contributed by atoms with E-state index >= 15 is 0 Å². The fourth-order valence-electron chi connectivity index (χ4n) is 1.68. The molecule has 0 aromatic heterocycles. The van der Waals surface area contributed by atoms with Gasteiger partial charge in [0.05, 0.1) is 0 Å². The van der Waals surface area contributed by atoms with Crippen molar-refractivity contribution in [2.75, 3.05) is 26.7 Å². The van der Waals surface area contributed by atoms with Crippen LogP contribution in [-0.2, 0) is 10.2 Å². The van der Waals surface area contributed by atoms with Crippen molar-refractivity contribution in [1.29, 1.82) is 0 Å². The van der Waals surface area contributed by atoms with Crippen LogP contribution in [0.1, 0.15) is 32.6 Å². The molecule has 0 heterocycles. The lowest BCUT2D eigenvalue weighted by Gasteiger charge is -2.27. The van der Waals surface area contributed by atoms with Gasteiger partial charge in [0.1, 0.15) is 0 Å². The lowest BCUT2D eigenvalue weighted by atomic mass is 10.4. The highest BCUT2D eigenvalue weighted by Gasteiger charge is 2.38. The van der Waals surface area contributed by atoms with Crippen LogP contribution in [0.25, 0.3) is 0 Å². The van der Waals surface area contributed by atoms with Crippen LogP contribution in [0.15, 0.2) is 0 Å². The fraction of sp³-hybridized carbons (Fsp3) is 1.00. The quantitative estimate of drug-likeness (QED) is 0.676. The lowest BCUT2D eigenvalue weighted by molar-refractivity contribution is 0.351. The molecule has 0 aromatic carbocycles. The summed E-state index contributed by atoms with van der Waals surface area (Å²) in [6.07, 6.45) is 3.58. The minimum absolute atomic E-state index is 0.241. The first-order valence-corrected chi connectivity index (χ1v) is 7.37. The average Bonchev–Trinajstić information content (AvgIpc) is 3.05. The van der Waals surface area contributed by atoms with Crippen LogP contribution >= 0.6 is 0 Å². The first kappa shape index (κ1) is 13.9. The Balaban J connectivity index is 2.64. The highest BCUT2D eigenvalue weighted by molar-refractivity contribution is 7.86. The summed E-state index contributed by atoms with van der Waals surface area (Å²) in [5, 5.41) is 0. The van der Waals surface area contributed by atoms with Crippen LogP contribution in [-0.4, -0.2) is 49.8 Å². The molecule has 0 radical (unpaired) electrons. The molecule has 0 bridgehead atoms. The van der Waals surface area contributed by atoms with Gasteiger partial charge in [-0.3, -0.25) is 0 Å². The molecule has 2 N–H and O–H groups in total. The third kappa shape index (κ3) is 3.41. The normalized spacial score (nSPS) is 17.3. The molecule has 0 amide bonds. The topological polar surface area (TPSA) is 66.6 Å². The van der Waals surface area contributed by atoms with E-state index in [0.717, 1.165) is 19.3 Å². The molecule has 0 unspecified atom stereocenters. The summed E-state index contributed by atoms with van der Waals surface area (Å²) in [4.78, 5) is 0. The summed E-state index contributed by atoms with van der Waals surface area (Å²) >= 11 is 0. The zero-order chi connectivity index (χ0) is 12.2. The summed E-state index contributed by atoms with van der Waals surface area (Å²) < 4.78 is 27.5. The molecule has 6 heteroatoms. The van der Waals surface area contributed by atoms with Gasteiger partial charge in [0.2, 0.25) is 0 Å². The number of nitrogens with zero attached hydrogens (tertiary/aromatic N) is 2. The van der Waals surface area contributed by atoms with Crippen molar-refractivity contribution in [3.8, 4) is 0 Å². The van der Waals surface area contributed by atoms with Crippen molar-refractivity contribution in [3.63, 3.8) is 0 Å². The molecule has 1 saturated carbocycles. The molecular formula is C10H23N3O2S. The third-order valence-corrected chi connectivity index (χ3v) is 4.81. The summed E-state index contributed by atoms with van der Waals surface area (Å²) in [5.74, 6) is 0. The predicted molar refractivity (Wildman–Crippen MR) is 65.2 cm³/mol. The molecule has 0 aromatic rings. The summed E-state index contributed by atoms with van der Waals surface area (Å²) in [7, 11) is -1.63. The van der Waals surface area contributed by atoms with E-state index in [2.05, 4.69) is 0 Å². The Morgan fingerprint density at radius 1 is 1.31 bits per heavy atom. The van der Waals surface area contributed by atoms with Gasteiger partial charge in [-0.1, -0.05) is 6.92 Å². The van der Waals surface area contributed by atoms with Crippen LogP contribution < -0.4 is 5.73 Å². The highest BCUT2D eigenvalue weighted by Crippen LogP contribution is 2.30. The second kappa shape index (κ2) is 5.95. The maximum absolute atomic E-state index is 12.2. The zero-order valence-electron chi connectivity index (χ0n) is 10.2. The van der Waals surface area contributed by atoms with Crippen LogP contribution in [0, 0.1) is 0 Å². The van der Waals surface area contributed by atoms with Crippen LogP contribution in [0.2, 0.25) is 0 Å². The molecule has 1 aliphatic rings. The maximum Gasteiger partial charge on any atom is 0.281 e. The van der Waals surface area contributed by atoms with E-state index in [9.17, 15) is 8.42 Å². The molecule has 0 atom stereocenters. The maximum atomic E-state index is 12.2. The Morgan fingerprint density at radius 3 is 2.38 bits per heavy atom. The van der Waals surface area contributed by atoms with E-state index in [-0.39, 0.29) is 6.04 Å². The van der Waals surface area contributed by atoms with Crippen molar-refractivity contribution in [2.24, 2.45) is 5.73 Å².